The number of aliphatic hydroxyl groups is 1. The Bertz CT molecular complexity index is 698. The SMILES string of the molecule is Cc1cc(C(C)C)nc(NC[C@H]2C[C@H](c3nncn3C)C[C@H]2O)n1. The second-order valence-electron chi connectivity index (χ2n) is 7.09. The van der Waals surface area contributed by atoms with Crippen molar-refractivity contribution in [3.05, 3.63) is 29.6 Å². The lowest BCUT2D eigenvalue weighted by atomic mass is 10.0. The Morgan fingerprint density at radius 3 is 2.79 bits per heavy atom. The molecule has 0 bridgehead atoms. The van der Waals surface area contributed by atoms with E-state index < -0.39 is 0 Å². The van der Waals surface area contributed by atoms with Crippen LogP contribution in [0.1, 0.15) is 55.7 Å². The number of hydrogen-bond acceptors (Lipinski definition) is 6. The fraction of sp³-hybridized carbons (Fsp3) is 0.647. The molecule has 3 rings (SSSR count). The molecule has 0 radical (unpaired) electrons. The van der Waals surface area contributed by atoms with Crippen LogP contribution in [0.15, 0.2) is 12.4 Å². The van der Waals surface area contributed by atoms with Crippen molar-refractivity contribution >= 4 is 5.95 Å². The van der Waals surface area contributed by atoms with Crippen LogP contribution in [0, 0.1) is 12.8 Å². The minimum atomic E-state index is -0.339. The van der Waals surface area contributed by atoms with Gasteiger partial charge in [-0.2, -0.15) is 0 Å². The van der Waals surface area contributed by atoms with Gasteiger partial charge in [0.2, 0.25) is 5.95 Å². The highest BCUT2D eigenvalue weighted by Crippen LogP contribution is 2.37. The van der Waals surface area contributed by atoms with E-state index in [1.54, 1.807) is 6.33 Å². The van der Waals surface area contributed by atoms with Gasteiger partial charge in [0.1, 0.15) is 12.2 Å². The molecule has 130 valence electrons. The van der Waals surface area contributed by atoms with Crippen molar-refractivity contribution in [1.82, 2.24) is 24.7 Å². The summed E-state index contributed by atoms with van der Waals surface area (Å²) in [5, 5.41) is 21.8. The molecule has 0 spiro atoms. The molecular formula is C17H26N6O. The number of nitrogens with zero attached hydrogens (tertiary/aromatic N) is 5. The molecule has 7 nitrogen and oxygen atoms in total. The van der Waals surface area contributed by atoms with Crippen molar-refractivity contribution in [3.8, 4) is 0 Å². The Labute approximate surface area is 142 Å². The second kappa shape index (κ2) is 6.84. The summed E-state index contributed by atoms with van der Waals surface area (Å²) in [7, 11) is 1.95. The van der Waals surface area contributed by atoms with Crippen molar-refractivity contribution in [1.29, 1.82) is 0 Å². The van der Waals surface area contributed by atoms with Crippen molar-refractivity contribution in [2.45, 2.75) is 51.6 Å². The standard InChI is InChI=1S/C17H26N6O/c1-10(2)14-5-11(3)20-17(21-14)18-8-13-6-12(7-15(13)24)16-22-19-9-23(16)4/h5,9-10,12-13,15,24H,6-8H2,1-4H3,(H,18,20,21)/t12-,13+,15+/m0/s1. The van der Waals surface area contributed by atoms with E-state index in [-0.39, 0.29) is 17.9 Å². The predicted molar refractivity (Wildman–Crippen MR) is 91.8 cm³/mol. The highest BCUT2D eigenvalue weighted by Gasteiger charge is 2.35. The zero-order valence-electron chi connectivity index (χ0n) is 14.8. The van der Waals surface area contributed by atoms with Gasteiger partial charge in [-0.25, -0.2) is 9.97 Å². The van der Waals surface area contributed by atoms with Gasteiger partial charge in [-0.1, -0.05) is 13.8 Å². The van der Waals surface area contributed by atoms with Gasteiger partial charge in [-0.05, 0) is 31.7 Å². The molecule has 1 saturated carbocycles. The van der Waals surface area contributed by atoms with E-state index in [1.807, 2.05) is 24.6 Å². The highest BCUT2D eigenvalue weighted by molar-refractivity contribution is 5.29. The summed E-state index contributed by atoms with van der Waals surface area (Å²) in [6, 6.07) is 2.02. The van der Waals surface area contributed by atoms with Crippen LogP contribution >= 0.6 is 0 Å². The number of rotatable bonds is 5. The van der Waals surface area contributed by atoms with Gasteiger partial charge in [-0.3, -0.25) is 0 Å². The minimum Gasteiger partial charge on any atom is -0.393 e. The number of anilines is 1. The Kier molecular flexibility index (Phi) is 4.80. The van der Waals surface area contributed by atoms with Gasteiger partial charge < -0.3 is 15.0 Å². The molecule has 0 aliphatic heterocycles. The third kappa shape index (κ3) is 3.56. The number of hydrogen-bond donors (Lipinski definition) is 2. The smallest absolute Gasteiger partial charge is 0.223 e. The Morgan fingerprint density at radius 2 is 2.12 bits per heavy atom. The molecule has 0 saturated heterocycles. The normalized spacial score (nSPS) is 23.8. The molecule has 2 aromatic rings. The van der Waals surface area contributed by atoms with Crippen LogP contribution < -0.4 is 5.32 Å². The summed E-state index contributed by atoms with van der Waals surface area (Å²) < 4.78 is 1.94. The Morgan fingerprint density at radius 1 is 1.33 bits per heavy atom. The van der Waals surface area contributed by atoms with E-state index in [4.69, 9.17) is 0 Å². The minimum absolute atomic E-state index is 0.165. The third-order valence-corrected chi connectivity index (χ3v) is 4.76. The van der Waals surface area contributed by atoms with Crippen molar-refractivity contribution < 1.29 is 5.11 Å². The first kappa shape index (κ1) is 16.8. The number of aromatic nitrogens is 5. The maximum absolute atomic E-state index is 10.4. The largest absolute Gasteiger partial charge is 0.393 e. The van der Waals surface area contributed by atoms with Gasteiger partial charge in [-0.15, -0.1) is 10.2 Å². The van der Waals surface area contributed by atoms with Crippen LogP contribution in [0.4, 0.5) is 5.95 Å². The first-order valence-corrected chi connectivity index (χ1v) is 8.55. The van der Waals surface area contributed by atoms with E-state index in [2.05, 4.69) is 39.3 Å². The third-order valence-electron chi connectivity index (χ3n) is 4.76. The molecule has 0 unspecified atom stereocenters. The van der Waals surface area contributed by atoms with Crippen LogP contribution in [0.3, 0.4) is 0 Å². The van der Waals surface area contributed by atoms with E-state index >= 15 is 0 Å². The topological polar surface area (TPSA) is 88.8 Å². The summed E-state index contributed by atoms with van der Waals surface area (Å²) in [6.07, 6.45) is 2.99. The van der Waals surface area contributed by atoms with Crippen LogP contribution in [0.5, 0.6) is 0 Å². The van der Waals surface area contributed by atoms with Gasteiger partial charge in [0.15, 0.2) is 0 Å². The zero-order chi connectivity index (χ0) is 17.3. The van der Waals surface area contributed by atoms with Gasteiger partial charge in [0.25, 0.3) is 0 Å². The lowest BCUT2D eigenvalue weighted by Gasteiger charge is -2.16. The quantitative estimate of drug-likeness (QED) is 0.872. The zero-order valence-corrected chi connectivity index (χ0v) is 14.8. The average molecular weight is 330 g/mol. The fourth-order valence-corrected chi connectivity index (χ4v) is 3.38. The second-order valence-corrected chi connectivity index (χ2v) is 7.09. The molecule has 7 heteroatoms. The summed E-state index contributed by atoms with van der Waals surface area (Å²) in [6.45, 7) is 6.89. The lowest BCUT2D eigenvalue weighted by Crippen LogP contribution is -2.23. The molecular weight excluding hydrogens is 304 g/mol. The molecule has 2 aromatic heterocycles. The van der Waals surface area contributed by atoms with Gasteiger partial charge in [0, 0.05) is 36.8 Å². The van der Waals surface area contributed by atoms with Gasteiger partial charge in [0.05, 0.1) is 6.10 Å². The average Bonchev–Trinajstić information content (AvgIpc) is 3.10. The van der Waals surface area contributed by atoms with Gasteiger partial charge >= 0.3 is 0 Å². The molecule has 2 N–H and O–H groups in total. The van der Waals surface area contributed by atoms with Crippen molar-refractivity contribution in [2.24, 2.45) is 13.0 Å². The number of nitrogens with one attached hydrogen (secondary N) is 1. The molecule has 0 aromatic carbocycles. The molecule has 1 aliphatic rings. The molecule has 1 fully saturated rings. The Balaban J connectivity index is 1.64. The van der Waals surface area contributed by atoms with Crippen molar-refractivity contribution in [3.63, 3.8) is 0 Å². The first-order valence-electron chi connectivity index (χ1n) is 8.55. The number of aryl methyl sites for hydroxylation is 2. The molecule has 1 aliphatic carbocycles. The molecule has 2 heterocycles. The fourth-order valence-electron chi connectivity index (χ4n) is 3.38. The molecule has 3 atom stereocenters. The van der Waals surface area contributed by atoms with E-state index in [9.17, 15) is 5.11 Å². The van der Waals surface area contributed by atoms with Crippen LogP contribution in [-0.2, 0) is 7.05 Å². The van der Waals surface area contributed by atoms with Crippen molar-refractivity contribution in [2.75, 3.05) is 11.9 Å². The molecule has 0 amide bonds. The summed E-state index contributed by atoms with van der Waals surface area (Å²) in [5.41, 5.74) is 1.99. The predicted octanol–water partition coefficient (Wildman–Crippen LogP) is 2.00. The van der Waals surface area contributed by atoms with E-state index in [1.165, 1.54) is 0 Å². The molecule has 24 heavy (non-hydrogen) atoms. The van der Waals surface area contributed by atoms with E-state index in [0.29, 0.717) is 18.4 Å². The summed E-state index contributed by atoms with van der Waals surface area (Å²) >= 11 is 0. The van der Waals surface area contributed by atoms with Crippen LogP contribution in [0.2, 0.25) is 0 Å². The maximum atomic E-state index is 10.4. The Hall–Kier alpha value is -2.02. The monoisotopic (exact) mass is 330 g/mol. The summed E-state index contributed by atoms with van der Waals surface area (Å²) in [4.78, 5) is 9.03. The van der Waals surface area contributed by atoms with Crippen LogP contribution in [-0.4, -0.2) is 42.5 Å². The van der Waals surface area contributed by atoms with Crippen LogP contribution in [0.25, 0.3) is 0 Å². The number of aliphatic hydroxyl groups excluding tert-OH is 1. The lowest BCUT2D eigenvalue weighted by molar-refractivity contribution is 0.137. The summed E-state index contributed by atoms with van der Waals surface area (Å²) in [5.74, 6) is 2.38. The first-order chi connectivity index (χ1) is 11.4. The van der Waals surface area contributed by atoms with E-state index in [0.717, 1.165) is 30.1 Å². The highest BCUT2D eigenvalue weighted by atomic mass is 16.3. The maximum Gasteiger partial charge on any atom is 0.223 e.